The van der Waals surface area contributed by atoms with E-state index in [0.717, 1.165) is 11.6 Å². The number of halogens is 5. The fourth-order valence-electron chi connectivity index (χ4n) is 3.24. The lowest BCUT2D eigenvalue weighted by Gasteiger charge is -2.15. The summed E-state index contributed by atoms with van der Waals surface area (Å²) >= 11 is 11.9. The lowest BCUT2D eigenvalue weighted by molar-refractivity contribution is -0.141. The Balaban J connectivity index is 1.58. The summed E-state index contributed by atoms with van der Waals surface area (Å²) in [5.41, 5.74) is 0.969. The van der Waals surface area contributed by atoms with Crippen molar-refractivity contribution in [2.45, 2.75) is 26.1 Å². The molecule has 0 aliphatic rings. The molecule has 0 saturated heterocycles. The summed E-state index contributed by atoms with van der Waals surface area (Å²) in [4.78, 5) is 14.9. The maximum atomic E-state index is 13.6. The zero-order chi connectivity index (χ0) is 26.1. The first kappa shape index (κ1) is 27.6. The molecule has 36 heavy (non-hydrogen) atoms. The van der Waals surface area contributed by atoms with Crippen molar-refractivity contribution in [2.75, 3.05) is 25.0 Å². The van der Waals surface area contributed by atoms with E-state index in [-0.39, 0.29) is 30.2 Å². The van der Waals surface area contributed by atoms with Crippen LogP contribution in [0.25, 0.3) is 0 Å². The van der Waals surface area contributed by atoms with E-state index in [2.05, 4.69) is 15.6 Å². The highest BCUT2D eigenvalue weighted by Gasteiger charge is 2.33. The Bertz CT molecular complexity index is 1180. The monoisotopic (exact) mass is 541 g/mol. The molecule has 1 heterocycles. The minimum Gasteiger partial charge on any atom is -0.465 e. The number of anilines is 1. The van der Waals surface area contributed by atoms with E-state index in [1.807, 2.05) is 6.07 Å². The summed E-state index contributed by atoms with van der Waals surface area (Å²) in [5.74, 6) is -0.226. The van der Waals surface area contributed by atoms with Crippen LogP contribution in [0.5, 0.6) is 11.6 Å². The van der Waals surface area contributed by atoms with Gasteiger partial charge in [-0.3, -0.25) is 4.79 Å². The molecule has 0 spiro atoms. The fraction of sp³-hybridized carbons (Fsp3) is 0.280. The lowest BCUT2D eigenvalue weighted by atomic mass is 10.0. The first-order valence-electron chi connectivity index (χ1n) is 11.0. The molecule has 6 nitrogen and oxygen atoms in total. The number of esters is 1. The van der Waals surface area contributed by atoms with Crippen LogP contribution in [-0.2, 0) is 28.7 Å². The first-order chi connectivity index (χ1) is 17.1. The number of pyridine rings is 1. The van der Waals surface area contributed by atoms with Gasteiger partial charge in [-0.05, 0) is 54.4 Å². The second-order valence-electron chi connectivity index (χ2n) is 7.75. The highest BCUT2D eigenvalue weighted by atomic mass is 35.5. The Hall–Kier alpha value is -3.01. The van der Waals surface area contributed by atoms with E-state index in [9.17, 15) is 18.0 Å². The fourth-order valence-corrected chi connectivity index (χ4v) is 3.56. The molecule has 0 atom stereocenters. The van der Waals surface area contributed by atoms with Crippen LogP contribution in [0.4, 0.5) is 18.9 Å². The summed E-state index contributed by atoms with van der Waals surface area (Å²) in [6.07, 6.45) is -2.88. The predicted molar refractivity (Wildman–Crippen MR) is 133 cm³/mol. The largest absolute Gasteiger partial charge is 0.465 e. The van der Waals surface area contributed by atoms with Gasteiger partial charge >= 0.3 is 12.1 Å². The zero-order valence-electron chi connectivity index (χ0n) is 19.3. The number of carbonyl (C=O) groups excluding carboxylic acids is 1. The second-order valence-corrected chi connectivity index (χ2v) is 8.56. The number of alkyl halides is 3. The normalized spacial score (nSPS) is 11.3. The Morgan fingerprint density at radius 3 is 2.50 bits per heavy atom. The van der Waals surface area contributed by atoms with E-state index >= 15 is 0 Å². The van der Waals surface area contributed by atoms with Gasteiger partial charge < -0.3 is 20.1 Å². The van der Waals surface area contributed by atoms with Gasteiger partial charge in [0.15, 0.2) is 0 Å². The Kier molecular flexibility index (Phi) is 9.81. The van der Waals surface area contributed by atoms with E-state index < -0.39 is 17.7 Å². The van der Waals surface area contributed by atoms with E-state index in [0.29, 0.717) is 35.4 Å². The first-order valence-corrected chi connectivity index (χ1v) is 11.7. The molecule has 2 N–H and O–H groups in total. The van der Waals surface area contributed by atoms with Crippen molar-refractivity contribution in [3.05, 3.63) is 81.5 Å². The molecule has 192 valence electrons. The molecule has 3 aromatic rings. The van der Waals surface area contributed by atoms with Crippen LogP contribution >= 0.6 is 23.2 Å². The van der Waals surface area contributed by atoms with Crippen molar-refractivity contribution in [3.63, 3.8) is 0 Å². The standard InChI is InChI=1S/C25H24Cl2F3N3O3/c1-16(34)35-11-10-31-9-8-18-3-5-20(13-21(18)25(28,29)30)36-24-7-4-19(15-33-24)32-14-17-2-6-22(26)23(27)12-17/h2-7,12-13,15,31-32H,8-11,14H2,1H3. The molecule has 2 aromatic carbocycles. The number of benzene rings is 2. The number of nitrogens with zero attached hydrogens (tertiary/aromatic N) is 1. The second kappa shape index (κ2) is 12.8. The van der Waals surface area contributed by atoms with Gasteiger partial charge in [-0.15, -0.1) is 0 Å². The predicted octanol–water partition coefficient (Wildman–Crippen LogP) is 6.51. The van der Waals surface area contributed by atoms with Crippen LogP contribution in [0, 0.1) is 0 Å². The number of ether oxygens (including phenoxy) is 2. The average Bonchev–Trinajstić information content (AvgIpc) is 2.83. The lowest BCUT2D eigenvalue weighted by Crippen LogP contribution is -2.24. The molecule has 0 amide bonds. The molecule has 3 rings (SSSR count). The van der Waals surface area contributed by atoms with Crippen LogP contribution in [0.15, 0.2) is 54.7 Å². The highest BCUT2D eigenvalue weighted by Crippen LogP contribution is 2.35. The van der Waals surface area contributed by atoms with Gasteiger partial charge in [0.25, 0.3) is 0 Å². The highest BCUT2D eigenvalue weighted by molar-refractivity contribution is 6.42. The minimum atomic E-state index is -4.54. The SMILES string of the molecule is CC(=O)OCCNCCc1ccc(Oc2ccc(NCc3ccc(Cl)c(Cl)c3)cn2)cc1C(F)(F)F. The van der Waals surface area contributed by atoms with Gasteiger partial charge in [0.05, 0.1) is 27.5 Å². The van der Waals surface area contributed by atoms with Crippen molar-refractivity contribution < 1.29 is 27.4 Å². The summed E-state index contributed by atoms with van der Waals surface area (Å²) in [7, 11) is 0. The van der Waals surface area contributed by atoms with Gasteiger partial charge in [0, 0.05) is 26.1 Å². The Morgan fingerprint density at radius 2 is 1.83 bits per heavy atom. The molecule has 0 radical (unpaired) electrons. The summed E-state index contributed by atoms with van der Waals surface area (Å²) in [5, 5.41) is 7.05. The molecule has 0 aliphatic carbocycles. The number of carbonyl (C=O) groups is 1. The smallest absolute Gasteiger partial charge is 0.416 e. The third-order valence-electron chi connectivity index (χ3n) is 4.98. The quantitative estimate of drug-likeness (QED) is 0.213. The topological polar surface area (TPSA) is 72.5 Å². The van der Waals surface area contributed by atoms with E-state index in [1.54, 1.807) is 24.3 Å². The molecular formula is C25H24Cl2F3N3O3. The number of hydrogen-bond donors (Lipinski definition) is 2. The molecule has 1 aromatic heterocycles. The maximum Gasteiger partial charge on any atom is 0.416 e. The van der Waals surface area contributed by atoms with E-state index in [1.165, 1.54) is 25.3 Å². The summed E-state index contributed by atoms with van der Waals surface area (Å²) in [6, 6.07) is 12.4. The summed E-state index contributed by atoms with van der Waals surface area (Å²) < 4.78 is 51.3. The number of hydrogen-bond acceptors (Lipinski definition) is 6. The van der Waals surface area contributed by atoms with Crippen LogP contribution in [-0.4, -0.2) is 30.6 Å². The van der Waals surface area contributed by atoms with Crippen molar-refractivity contribution in [1.82, 2.24) is 10.3 Å². The van der Waals surface area contributed by atoms with Gasteiger partial charge in [-0.2, -0.15) is 13.2 Å². The molecule has 0 aliphatic heterocycles. The van der Waals surface area contributed by atoms with Crippen molar-refractivity contribution in [3.8, 4) is 11.6 Å². The summed E-state index contributed by atoms with van der Waals surface area (Å²) in [6.45, 7) is 2.58. The molecule has 0 unspecified atom stereocenters. The van der Waals surface area contributed by atoms with E-state index in [4.69, 9.17) is 32.7 Å². The van der Waals surface area contributed by atoms with Crippen LogP contribution in [0.3, 0.4) is 0 Å². The average molecular weight is 542 g/mol. The van der Waals surface area contributed by atoms with Crippen molar-refractivity contribution in [1.29, 1.82) is 0 Å². The van der Waals surface area contributed by atoms with Gasteiger partial charge in [-0.25, -0.2) is 4.98 Å². The van der Waals surface area contributed by atoms with Crippen LogP contribution in [0.2, 0.25) is 10.0 Å². The molecule has 0 bridgehead atoms. The van der Waals surface area contributed by atoms with Crippen molar-refractivity contribution in [2.24, 2.45) is 0 Å². The third-order valence-corrected chi connectivity index (χ3v) is 5.72. The van der Waals surface area contributed by atoms with Gasteiger partial charge in [0.2, 0.25) is 5.88 Å². The molecule has 11 heteroatoms. The Labute approximate surface area is 216 Å². The van der Waals surface area contributed by atoms with Gasteiger partial charge in [-0.1, -0.05) is 35.3 Å². The Morgan fingerprint density at radius 1 is 1.03 bits per heavy atom. The van der Waals surface area contributed by atoms with Crippen LogP contribution < -0.4 is 15.4 Å². The third kappa shape index (κ3) is 8.58. The van der Waals surface area contributed by atoms with Crippen molar-refractivity contribution >= 4 is 34.9 Å². The number of rotatable bonds is 11. The zero-order valence-corrected chi connectivity index (χ0v) is 20.8. The molecule has 0 saturated carbocycles. The van der Waals surface area contributed by atoms with Gasteiger partial charge in [0.1, 0.15) is 12.4 Å². The number of aromatic nitrogens is 1. The molecule has 0 fully saturated rings. The van der Waals surface area contributed by atoms with Crippen LogP contribution in [0.1, 0.15) is 23.6 Å². The maximum absolute atomic E-state index is 13.6. The number of nitrogens with one attached hydrogen (secondary N) is 2. The minimum absolute atomic E-state index is 0.0258. The molecular weight excluding hydrogens is 518 g/mol.